The van der Waals surface area contributed by atoms with E-state index in [1.54, 1.807) is 6.92 Å². The molecule has 1 aliphatic heterocycles. The highest BCUT2D eigenvalue weighted by molar-refractivity contribution is 5.96. The number of rotatable bonds is 3. The number of benzene rings is 1. The number of nitrogens with zero attached hydrogens (tertiary/aromatic N) is 1. The number of ether oxygens (including phenoxy) is 1. The van der Waals surface area contributed by atoms with Crippen molar-refractivity contribution in [3.63, 3.8) is 0 Å². The summed E-state index contributed by atoms with van der Waals surface area (Å²) in [6.45, 7) is 12.0. The van der Waals surface area contributed by atoms with E-state index in [0.717, 1.165) is 11.1 Å². The van der Waals surface area contributed by atoms with Crippen LogP contribution >= 0.6 is 0 Å². The number of carbonyl (C=O) groups is 2. The van der Waals surface area contributed by atoms with Crippen LogP contribution in [0.3, 0.4) is 0 Å². The average molecular weight is 331 g/mol. The van der Waals surface area contributed by atoms with Crippen molar-refractivity contribution in [1.82, 2.24) is 4.90 Å². The lowest BCUT2D eigenvalue weighted by Crippen LogP contribution is -2.64. The molecule has 132 valence electrons. The van der Waals surface area contributed by atoms with Crippen molar-refractivity contribution in [2.45, 2.75) is 78.0 Å². The van der Waals surface area contributed by atoms with Gasteiger partial charge in [-0.15, -0.1) is 0 Å². The molecule has 2 rings (SSSR count). The lowest BCUT2D eigenvalue weighted by molar-refractivity contribution is -0.157. The van der Waals surface area contributed by atoms with Crippen LogP contribution in [0.2, 0.25) is 0 Å². The number of esters is 1. The van der Waals surface area contributed by atoms with Crippen molar-refractivity contribution in [1.29, 1.82) is 0 Å². The fourth-order valence-electron chi connectivity index (χ4n) is 4.02. The molecule has 1 aliphatic rings. The monoisotopic (exact) mass is 331 g/mol. The van der Waals surface area contributed by atoms with Gasteiger partial charge in [0.1, 0.15) is 6.10 Å². The molecule has 0 aromatic heterocycles. The second-order valence-corrected chi connectivity index (χ2v) is 7.95. The van der Waals surface area contributed by atoms with Gasteiger partial charge in [-0.1, -0.05) is 25.1 Å². The Kier molecular flexibility index (Phi) is 5.07. The molecule has 24 heavy (non-hydrogen) atoms. The Labute approximate surface area is 145 Å². The summed E-state index contributed by atoms with van der Waals surface area (Å²) >= 11 is 0. The van der Waals surface area contributed by atoms with Crippen LogP contribution in [-0.2, 0) is 9.53 Å². The molecule has 1 aromatic rings. The Bertz CT molecular complexity index is 616. The molecule has 1 aromatic carbocycles. The number of aryl methyl sites for hydroxylation is 1. The Hall–Kier alpha value is -1.84. The molecule has 0 atom stereocenters. The van der Waals surface area contributed by atoms with E-state index in [4.69, 9.17) is 4.74 Å². The molecule has 0 radical (unpaired) electrons. The van der Waals surface area contributed by atoms with Gasteiger partial charge >= 0.3 is 5.97 Å². The van der Waals surface area contributed by atoms with Gasteiger partial charge in [0.2, 0.25) is 0 Å². The van der Waals surface area contributed by atoms with Crippen LogP contribution in [0.15, 0.2) is 24.3 Å². The smallest absolute Gasteiger partial charge is 0.305 e. The fourth-order valence-corrected chi connectivity index (χ4v) is 4.02. The molecular formula is C20H29NO3. The van der Waals surface area contributed by atoms with Crippen LogP contribution < -0.4 is 0 Å². The standard InChI is InChI=1S/C20H29NO3/c1-7-17(22)24-15-12-19(3,4)21(20(5,6)13-15)18(23)16-11-9-8-10-14(16)2/h8-11,15H,7,12-13H2,1-6H3. The maximum atomic E-state index is 13.3. The van der Waals surface area contributed by atoms with Crippen LogP contribution in [0.5, 0.6) is 0 Å². The van der Waals surface area contributed by atoms with Crippen LogP contribution in [0, 0.1) is 6.92 Å². The molecule has 0 bridgehead atoms. The maximum Gasteiger partial charge on any atom is 0.305 e. The van der Waals surface area contributed by atoms with Crippen LogP contribution in [0.25, 0.3) is 0 Å². The Balaban J connectivity index is 2.32. The van der Waals surface area contributed by atoms with E-state index in [0.29, 0.717) is 19.3 Å². The van der Waals surface area contributed by atoms with Crippen LogP contribution in [0.4, 0.5) is 0 Å². The predicted molar refractivity (Wildman–Crippen MR) is 94.9 cm³/mol. The molecule has 4 nitrogen and oxygen atoms in total. The summed E-state index contributed by atoms with van der Waals surface area (Å²) in [5, 5.41) is 0. The average Bonchev–Trinajstić information content (AvgIpc) is 2.44. The first-order chi connectivity index (χ1) is 11.1. The van der Waals surface area contributed by atoms with E-state index in [-0.39, 0.29) is 29.1 Å². The van der Waals surface area contributed by atoms with Gasteiger partial charge in [0.15, 0.2) is 0 Å². The number of hydrogen-bond acceptors (Lipinski definition) is 3. The summed E-state index contributed by atoms with van der Waals surface area (Å²) in [6, 6.07) is 7.69. The summed E-state index contributed by atoms with van der Waals surface area (Å²) in [5.74, 6) is -0.131. The highest BCUT2D eigenvalue weighted by Crippen LogP contribution is 2.41. The first-order valence-corrected chi connectivity index (χ1v) is 8.68. The third-order valence-corrected chi connectivity index (χ3v) is 4.83. The summed E-state index contributed by atoms with van der Waals surface area (Å²) in [4.78, 5) is 26.9. The van der Waals surface area contributed by atoms with E-state index in [1.807, 2.05) is 36.1 Å². The van der Waals surface area contributed by atoms with Gasteiger partial charge in [0.05, 0.1) is 0 Å². The second-order valence-electron chi connectivity index (χ2n) is 7.95. The van der Waals surface area contributed by atoms with E-state index in [1.165, 1.54) is 0 Å². The number of carbonyl (C=O) groups excluding carboxylic acids is 2. The minimum absolute atomic E-state index is 0.0448. The highest BCUT2D eigenvalue weighted by atomic mass is 16.5. The van der Waals surface area contributed by atoms with E-state index in [2.05, 4.69) is 27.7 Å². The SMILES string of the molecule is CCC(=O)OC1CC(C)(C)N(C(=O)c2ccccc2C)C(C)(C)C1. The molecule has 1 amide bonds. The molecule has 1 saturated heterocycles. The first-order valence-electron chi connectivity index (χ1n) is 8.68. The molecule has 0 N–H and O–H groups in total. The van der Waals surface area contributed by atoms with Crippen molar-refractivity contribution in [2.24, 2.45) is 0 Å². The quantitative estimate of drug-likeness (QED) is 0.783. The van der Waals surface area contributed by atoms with Gasteiger partial charge < -0.3 is 9.64 Å². The summed E-state index contributed by atoms with van der Waals surface area (Å²) < 4.78 is 5.59. The Morgan fingerprint density at radius 3 is 2.17 bits per heavy atom. The first kappa shape index (κ1) is 18.5. The third-order valence-electron chi connectivity index (χ3n) is 4.83. The Morgan fingerprint density at radius 1 is 1.12 bits per heavy atom. The minimum Gasteiger partial charge on any atom is -0.462 e. The molecule has 0 spiro atoms. The maximum absolute atomic E-state index is 13.3. The van der Waals surface area contributed by atoms with Crippen LogP contribution in [-0.4, -0.2) is 34.0 Å². The van der Waals surface area contributed by atoms with E-state index >= 15 is 0 Å². The van der Waals surface area contributed by atoms with Crippen molar-refractivity contribution in [3.8, 4) is 0 Å². The molecule has 1 heterocycles. The van der Waals surface area contributed by atoms with Gasteiger partial charge in [0, 0.05) is 35.9 Å². The lowest BCUT2D eigenvalue weighted by Gasteiger charge is -2.54. The highest BCUT2D eigenvalue weighted by Gasteiger charge is 2.49. The second kappa shape index (κ2) is 6.58. The minimum atomic E-state index is -0.389. The van der Waals surface area contributed by atoms with E-state index < -0.39 is 0 Å². The number of likely N-dealkylation sites (tertiary alicyclic amines) is 1. The molecule has 0 aliphatic carbocycles. The van der Waals surface area contributed by atoms with Gasteiger partial charge in [-0.05, 0) is 46.2 Å². The van der Waals surface area contributed by atoms with Crippen molar-refractivity contribution < 1.29 is 14.3 Å². The third kappa shape index (κ3) is 3.63. The van der Waals surface area contributed by atoms with Crippen molar-refractivity contribution in [3.05, 3.63) is 35.4 Å². The summed E-state index contributed by atoms with van der Waals surface area (Å²) in [6.07, 6.45) is 1.53. The zero-order valence-electron chi connectivity index (χ0n) is 15.7. The lowest BCUT2D eigenvalue weighted by atomic mass is 9.77. The molecular weight excluding hydrogens is 302 g/mol. The van der Waals surface area contributed by atoms with Gasteiger partial charge in [-0.3, -0.25) is 9.59 Å². The van der Waals surface area contributed by atoms with Gasteiger partial charge in [0.25, 0.3) is 5.91 Å². The zero-order chi connectivity index (χ0) is 18.1. The normalized spacial score (nSPS) is 19.8. The number of amides is 1. The Morgan fingerprint density at radius 2 is 1.67 bits per heavy atom. The summed E-state index contributed by atoms with van der Waals surface area (Å²) in [7, 11) is 0. The zero-order valence-corrected chi connectivity index (χ0v) is 15.7. The predicted octanol–water partition coefficient (Wildman–Crippen LogP) is 4.11. The molecule has 0 saturated carbocycles. The van der Waals surface area contributed by atoms with E-state index in [9.17, 15) is 9.59 Å². The molecule has 0 unspecified atom stereocenters. The fraction of sp³-hybridized carbons (Fsp3) is 0.600. The number of hydrogen-bond donors (Lipinski definition) is 0. The van der Waals surface area contributed by atoms with Gasteiger partial charge in [-0.2, -0.15) is 0 Å². The number of piperidine rings is 1. The summed E-state index contributed by atoms with van der Waals surface area (Å²) in [5.41, 5.74) is 0.941. The van der Waals surface area contributed by atoms with Crippen molar-refractivity contribution in [2.75, 3.05) is 0 Å². The molecule has 1 fully saturated rings. The largest absolute Gasteiger partial charge is 0.462 e. The topological polar surface area (TPSA) is 46.6 Å². The van der Waals surface area contributed by atoms with Crippen molar-refractivity contribution >= 4 is 11.9 Å². The molecule has 4 heteroatoms. The van der Waals surface area contributed by atoms with Crippen LogP contribution in [0.1, 0.15) is 69.8 Å². The van der Waals surface area contributed by atoms with Gasteiger partial charge in [-0.25, -0.2) is 0 Å².